The Morgan fingerprint density at radius 2 is 1.15 bits per heavy atom. The Bertz CT molecular complexity index is 2150. The molecule has 13 heteroatoms. The predicted molar refractivity (Wildman–Crippen MR) is 189 cm³/mol. The van der Waals surface area contributed by atoms with Gasteiger partial charge in [-0.25, -0.2) is 18.7 Å². The maximum absolute atomic E-state index is 12.9. The van der Waals surface area contributed by atoms with Gasteiger partial charge >= 0.3 is 0 Å². The van der Waals surface area contributed by atoms with Crippen LogP contribution in [0.2, 0.25) is 0 Å². The molecule has 0 aliphatic carbocycles. The number of anilines is 3. The summed E-state index contributed by atoms with van der Waals surface area (Å²) in [6.07, 6.45) is 3.35. The predicted octanol–water partition coefficient (Wildman–Crippen LogP) is 9.23. The second-order valence-corrected chi connectivity index (χ2v) is 10.6. The van der Waals surface area contributed by atoms with Gasteiger partial charge in [0.05, 0.1) is 46.1 Å². The van der Waals surface area contributed by atoms with Gasteiger partial charge in [-0.3, -0.25) is 10.2 Å². The molecule has 0 saturated heterocycles. The fraction of sp³-hybridized carbons (Fsp3) is 0.0588. The molecule has 0 spiro atoms. The number of rotatable bonds is 4. The summed E-state index contributed by atoms with van der Waals surface area (Å²) in [6.45, 7) is 0. The third kappa shape index (κ3) is 8.67. The molecule has 0 unspecified atom stereocenters. The number of fused-ring (bicyclic) bond motifs is 2. The van der Waals surface area contributed by atoms with Crippen LogP contribution in [0.4, 0.5) is 26.1 Å². The third-order valence-electron chi connectivity index (χ3n) is 6.56. The molecule has 0 atom stereocenters. The Morgan fingerprint density at radius 3 is 1.72 bits per heavy atom. The van der Waals surface area contributed by atoms with Crippen LogP contribution in [-0.4, -0.2) is 40.3 Å². The molecule has 0 fully saturated rings. The number of nitrogens with one attached hydrogen (secondary N) is 5. The lowest BCUT2D eigenvalue weighted by molar-refractivity contribution is 0.627. The van der Waals surface area contributed by atoms with Gasteiger partial charge in [-0.15, -0.1) is 0 Å². The lowest BCUT2D eigenvalue weighted by Gasteiger charge is -2.01. The van der Waals surface area contributed by atoms with Gasteiger partial charge in [0.2, 0.25) is 0 Å². The highest BCUT2D eigenvalue weighted by Crippen LogP contribution is 2.24. The molecule has 47 heavy (non-hydrogen) atoms. The maximum Gasteiger partial charge on any atom is 0.152 e. The van der Waals surface area contributed by atoms with Crippen molar-refractivity contribution in [3.8, 4) is 22.5 Å². The molecule has 0 saturated carbocycles. The molecule has 0 aliphatic heterocycles. The second kappa shape index (κ2) is 15.5. The van der Waals surface area contributed by atoms with Gasteiger partial charge < -0.3 is 21.0 Å². The fourth-order valence-corrected chi connectivity index (χ4v) is 4.71. The first kappa shape index (κ1) is 34.1. The zero-order valence-electron chi connectivity index (χ0n) is 23.4. The molecule has 240 valence electrons. The van der Waals surface area contributed by atoms with Gasteiger partial charge in [-0.2, -0.15) is 10.2 Å². The van der Waals surface area contributed by atoms with Crippen molar-refractivity contribution in [1.29, 1.82) is 0 Å². The summed E-state index contributed by atoms with van der Waals surface area (Å²) in [5.41, 5.74) is 13.6. The first-order valence-corrected chi connectivity index (χ1v) is 14.4. The van der Waals surface area contributed by atoms with E-state index < -0.39 is 0 Å². The van der Waals surface area contributed by atoms with Gasteiger partial charge in [0, 0.05) is 22.3 Å². The van der Waals surface area contributed by atoms with Crippen molar-refractivity contribution < 1.29 is 8.78 Å². The molecule has 7 N–H and O–H groups in total. The number of aromatic nitrogens is 8. The van der Waals surface area contributed by atoms with Crippen LogP contribution in [0.1, 0.15) is 14.9 Å². The Kier molecular flexibility index (Phi) is 11.2. The van der Waals surface area contributed by atoms with Crippen LogP contribution in [0.5, 0.6) is 0 Å². The molecule has 0 amide bonds. The Hall–Kier alpha value is -5.82. The van der Waals surface area contributed by atoms with Crippen molar-refractivity contribution in [1.82, 2.24) is 40.3 Å². The summed E-state index contributed by atoms with van der Waals surface area (Å²) in [5, 5.41) is 16.9. The molecule has 8 rings (SSSR count). The van der Waals surface area contributed by atoms with E-state index in [0.29, 0.717) is 11.6 Å². The van der Waals surface area contributed by atoms with Crippen LogP contribution >= 0.6 is 15.9 Å². The zero-order chi connectivity index (χ0) is 31.2. The maximum atomic E-state index is 12.9. The van der Waals surface area contributed by atoms with E-state index in [2.05, 4.69) is 61.6 Å². The number of aromatic amines is 4. The van der Waals surface area contributed by atoms with Crippen LogP contribution in [0.15, 0.2) is 114 Å². The highest BCUT2D eigenvalue weighted by atomic mass is 79.9. The van der Waals surface area contributed by atoms with E-state index >= 15 is 0 Å². The van der Waals surface area contributed by atoms with Crippen LogP contribution in [0.25, 0.3) is 44.6 Å². The number of imidazole rings is 2. The largest absolute Gasteiger partial charge is 0.382 e. The van der Waals surface area contributed by atoms with Crippen molar-refractivity contribution in [2.45, 2.75) is 14.9 Å². The monoisotopic (exact) mass is 698 g/mol. The van der Waals surface area contributed by atoms with E-state index in [1.54, 1.807) is 43.0 Å². The average molecular weight is 700 g/mol. The summed E-state index contributed by atoms with van der Waals surface area (Å²) in [7, 11) is 0. The standard InChI is InChI=1S/C16H12FN5.C9H8FN3.C7H5BrN2.2CH4/c17-11-3-1-10(2-4-11)14-8-16(22-21-14)20-12-5-6-13-15(7-12)19-9-18-13;10-7-3-1-6(2-4-7)8-5-9(11)13-12-8;8-5-1-2-6-7(3-5)10-4-9-6;;/h1-9H,(H,18,19)(H2,20,21,22);1-5H,(H3,11,12,13);1-4H,(H,9,10);2*1H4. The molecule has 0 bridgehead atoms. The van der Waals surface area contributed by atoms with Crippen LogP contribution in [0, 0.1) is 11.6 Å². The van der Waals surface area contributed by atoms with Gasteiger partial charge in [-0.05, 0) is 96.1 Å². The van der Waals surface area contributed by atoms with E-state index in [9.17, 15) is 8.78 Å². The van der Waals surface area contributed by atoms with Crippen molar-refractivity contribution in [2.75, 3.05) is 11.1 Å². The van der Waals surface area contributed by atoms with Gasteiger partial charge in [0.1, 0.15) is 17.5 Å². The lowest BCUT2D eigenvalue weighted by atomic mass is 10.1. The second-order valence-electron chi connectivity index (χ2n) is 9.71. The van der Waals surface area contributed by atoms with Crippen LogP contribution < -0.4 is 11.1 Å². The number of hydrogen-bond donors (Lipinski definition) is 6. The molecule has 8 aromatic rings. The van der Waals surface area contributed by atoms with E-state index in [1.165, 1.54) is 24.3 Å². The quantitative estimate of drug-likeness (QED) is 0.108. The summed E-state index contributed by atoms with van der Waals surface area (Å²) in [5.74, 6) is 0.614. The minimum atomic E-state index is -0.255. The Labute approximate surface area is 278 Å². The highest BCUT2D eigenvalue weighted by molar-refractivity contribution is 9.10. The smallest absolute Gasteiger partial charge is 0.152 e. The molecular formula is C34H33BrF2N10. The first-order valence-electron chi connectivity index (χ1n) is 13.6. The van der Waals surface area contributed by atoms with E-state index in [-0.39, 0.29) is 26.5 Å². The number of nitrogen functional groups attached to an aromatic ring is 1. The molecule has 0 aliphatic rings. The third-order valence-corrected chi connectivity index (χ3v) is 7.05. The van der Waals surface area contributed by atoms with Crippen molar-refractivity contribution in [3.05, 3.63) is 126 Å². The van der Waals surface area contributed by atoms with E-state index in [1.807, 2.05) is 42.5 Å². The minimum Gasteiger partial charge on any atom is -0.382 e. The van der Waals surface area contributed by atoms with Crippen LogP contribution in [-0.2, 0) is 0 Å². The van der Waals surface area contributed by atoms with Crippen molar-refractivity contribution in [2.24, 2.45) is 0 Å². The van der Waals surface area contributed by atoms with Gasteiger partial charge in [0.15, 0.2) is 5.82 Å². The summed E-state index contributed by atoms with van der Waals surface area (Å²) in [6, 6.07) is 27.8. The molecule has 4 aromatic heterocycles. The highest BCUT2D eigenvalue weighted by Gasteiger charge is 2.06. The number of nitrogens with zero attached hydrogens (tertiary/aromatic N) is 4. The van der Waals surface area contributed by atoms with Crippen molar-refractivity contribution >= 4 is 55.3 Å². The summed E-state index contributed by atoms with van der Waals surface area (Å²) in [4.78, 5) is 14.4. The normalized spacial score (nSPS) is 10.2. The number of benzene rings is 4. The summed E-state index contributed by atoms with van der Waals surface area (Å²) < 4.78 is 26.6. The molecule has 4 aromatic carbocycles. The van der Waals surface area contributed by atoms with E-state index in [0.717, 1.165) is 54.7 Å². The first-order chi connectivity index (χ1) is 21.9. The topological polar surface area (TPSA) is 153 Å². The summed E-state index contributed by atoms with van der Waals surface area (Å²) >= 11 is 3.37. The Morgan fingerprint density at radius 1 is 0.617 bits per heavy atom. The number of hydrogen-bond acceptors (Lipinski definition) is 6. The average Bonchev–Trinajstić information content (AvgIpc) is 3.86. The van der Waals surface area contributed by atoms with Gasteiger partial charge in [-0.1, -0.05) is 30.8 Å². The molecule has 0 radical (unpaired) electrons. The van der Waals surface area contributed by atoms with Gasteiger partial charge in [0.25, 0.3) is 0 Å². The number of nitrogens with two attached hydrogens (primary N) is 1. The molecule has 10 nitrogen and oxygen atoms in total. The zero-order valence-corrected chi connectivity index (χ0v) is 25.0. The van der Waals surface area contributed by atoms with Crippen molar-refractivity contribution in [3.63, 3.8) is 0 Å². The Balaban J connectivity index is 0.000000171. The molecular weight excluding hydrogens is 666 g/mol. The number of H-pyrrole nitrogens is 4. The van der Waals surface area contributed by atoms with E-state index in [4.69, 9.17) is 5.73 Å². The molecule has 4 heterocycles. The minimum absolute atomic E-state index is 0. The fourth-order valence-electron chi connectivity index (χ4n) is 4.35. The SMILES string of the molecule is Brc1ccc2nc[nH]c2c1.C.C.Fc1ccc(-c2cc(Nc3ccc4nc[nH]c4c3)n[nH]2)cc1.Nc1cc(-c2ccc(F)cc2)[nH]n1. The lowest BCUT2D eigenvalue weighted by Crippen LogP contribution is -1.90. The van der Waals surface area contributed by atoms with Crippen LogP contribution in [0.3, 0.4) is 0 Å². The number of halogens is 3.